The standard InChI is InChI=1S/C17H22F3NO3/c1-3-4-5-6-10-14(16(23)24-2)21-15(22)12-8-7-9-13(11-12)17(18,19)20/h7-9,11,14H,3-6,10H2,1-2H3,(H,21,22)/t14-/m0/s1. The predicted molar refractivity (Wildman–Crippen MR) is 83.5 cm³/mol. The second-order valence-electron chi connectivity index (χ2n) is 5.48. The number of unbranched alkanes of at least 4 members (excludes halogenated alkanes) is 3. The third-order valence-corrected chi connectivity index (χ3v) is 3.59. The Hall–Kier alpha value is -2.05. The van der Waals surface area contributed by atoms with Crippen molar-refractivity contribution in [2.75, 3.05) is 7.11 Å². The van der Waals surface area contributed by atoms with Crippen molar-refractivity contribution >= 4 is 11.9 Å². The van der Waals surface area contributed by atoms with Gasteiger partial charge in [-0.1, -0.05) is 38.7 Å². The maximum absolute atomic E-state index is 12.7. The van der Waals surface area contributed by atoms with Crippen molar-refractivity contribution in [1.29, 1.82) is 0 Å². The van der Waals surface area contributed by atoms with E-state index in [1.54, 1.807) is 0 Å². The van der Waals surface area contributed by atoms with E-state index in [0.29, 0.717) is 6.42 Å². The zero-order valence-electron chi connectivity index (χ0n) is 13.8. The van der Waals surface area contributed by atoms with Crippen LogP contribution in [0.3, 0.4) is 0 Å². The molecule has 0 heterocycles. The number of amides is 1. The Morgan fingerprint density at radius 3 is 2.50 bits per heavy atom. The van der Waals surface area contributed by atoms with Gasteiger partial charge in [-0.15, -0.1) is 0 Å². The molecular formula is C17H22F3NO3. The van der Waals surface area contributed by atoms with Crippen LogP contribution in [0.5, 0.6) is 0 Å². The van der Waals surface area contributed by atoms with Crippen LogP contribution >= 0.6 is 0 Å². The summed E-state index contributed by atoms with van der Waals surface area (Å²) in [5, 5.41) is 2.46. The third-order valence-electron chi connectivity index (χ3n) is 3.59. The Balaban J connectivity index is 2.78. The van der Waals surface area contributed by atoms with E-state index in [4.69, 9.17) is 0 Å². The molecule has 1 N–H and O–H groups in total. The summed E-state index contributed by atoms with van der Waals surface area (Å²) in [4.78, 5) is 23.9. The second kappa shape index (κ2) is 9.30. The molecule has 4 nitrogen and oxygen atoms in total. The summed E-state index contributed by atoms with van der Waals surface area (Å²) in [6, 6.07) is 3.22. The number of hydrogen-bond donors (Lipinski definition) is 1. The van der Waals surface area contributed by atoms with Crippen molar-refractivity contribution in [2.24, 2.45) is 0 Å². The zero-order chi connectivity index (χ0) is 18.2. The van der Waals surface area contributed by atoms with E-state index in [2.05, 4.69) is 10.1 Å². The van der Waals surface area contributed by atoms with E-state index in [1.807, 2.05) is 6.92 Å². The molecule has 1 amide bonds. The summed E-state index contributed by atoms with van der Waals surface area (Å²) in [5.41, 5.74) is -1.06. The Bertz CT molecular complexity index is 558. The highest BCUT2D eigenvalue weighted by Gasteiger charge is 2.31. The number of hydrogen-bond acceptors (Lipinski definition) is 3. The summed E-state index contributed by atoms with van der Waals surface area (Å²) in [6.45, 7) is 2.05. The summed E-state index contributed by atoms with van der Waals surface area (Å²) in [7, 11) is 1.21. The highest BCUT2D eigenvalue weighted by molar-refractivity contribution is 5.96. The highest BCUT2D eigenvalue weighted by atomic mass is 19.4. The summed E-state index contributed by atoms with van der Waals surface area (Å²) < 4.78 is 42.8. The average molecular weight is 345 g/mol. The number of esters is 1. The molecule has 0 saturated heterocycles. The minimum absolute atomic E-state index is 0.146. The van der Waals surface area contributed by atoms with E-state index in [9.17, 15) is 22.8 Å². The first-order chi connectivity index (χ1) is 11.3. The Morgan fingerprint density at radius 1 is 1.21 bits per heavy atom. The molecule has 0 spiro atoms. The first-order valence-electron chi connectivity index (χ1n) is 7.85. The molecule has 0 saturated carbocycles. The molecule has 0 aliphatic rings. The van der Waals surface area contributed by atoms with E-state index < -0.39 is 29.7 Å². The minimum atomic E-state index is -4.53. The number of halogens is 3. The topological polar surface area (TPSA) is 55.4 Å². The SMILES string of the molecule is CCCCCC[C@H](NC(=O)c1cccc(C(F)(F)F)c1)C(=O)OC. The molecular weight excluding hydrogens is 323 g/mol. The smallest absolute Gasteiger partial charge is 0.416 e. The van der Waals surface area contributed by atoms with Crippen molar-refractivity contribution in [1.82, 2.24) is 5.32 Å². The molecule has 0 bridgehead atoms. The second-order valence-corrected chi connectivity index (χ2v) is 5.48. The van der Waals surface area contributed by atoms with E-state index in [0.717, 1.165) is 43.9 Å². The molecule has 0 unspecified atom stereocenters. The first-order valence-corrected chi connectivity index (χ1v) is 7.85. The Labute approximate surface area is 139 Å². The lowest BCUT2D eigenvalue weighted by molar-refractivity contribution is -0.143. The van der Waals surface area contributed by atoms with Gasteiger partial charge in [-0.3, -0.25) is 4.79 Å². The zero-order valence-corrected chi connectivity index (χ0v) is 13.8. The van der Waals surface area contributed by atoms with Gasteiger partial charge in [0.2, 0.25) is 0 Å². The molecule has 0 radical (unpaired) electrons. The minimum Gasteiger partial charge on any atom is -0.467 e. The first kappa shape index (κ1) is 20.0. The van der Waals surface area contributed by atoms with Crippen LogP contribution in [0.4, 0.5) is 13.2 Å². The molecule has 7 heteroatoms. The lowest BCUT2D eigenvalue weighted by atomic mass is 10.1. The van der Waals surface area contributed by atoms with Gasteiger partial charge in [0, 0.05) is 5.56 Å². The molecule has 0 aliphatic heterocycles. The molecule has 24 heavy (non-hydrogen) atoms. The molecule has 0 aliphatic carbocycles. The molecule has 1 atom stereocenters. The largest absolute Gasteiger partial charge is 0.467 e. The normalized spacial score (nSPS) is 12.5. The number of rotatable bonds is 8. The fraction of sp³-hybridized carbons (Fsp3) is 0.529. The maximum atomic E-state index is 12.7. The number of carbonyl (C=O) groups excluding carboxylic acids is 2. The number of alkyl halides is 3. The van der Waals surface area contributed by atoms with Crippen molar-refractivity contribution < 1.29 is 27.5 Å². The Kier molecular flexibility index (Phi) is 7.74. The monoisotopic (exact) mass is 345 g/mol. The fourth-order valence-corrected chi connectivity index (χ4v) is 2.24. The molecule has 0 fully saturated rings. The number of ether oxygens (including phenoxy) is 1. The van der Waals surface area contributed by atoms with Crippen LogP contribution in [0.25, 0.3) is 0 Å². The van der Waals surface area contributed by atoms with Crippen LogP contribution in [0.15, 0.2) is 24.3 Å². The van der Waals surface area contributed by atoms with Crippen LogP contribution in [-0.4, -0.2) is 25.0 Å². The summed E-state index contributed by atoms with van der Waals surface area (Å²) in [5.74, 6) is -1.33. The summed E-state index contributed by atoms with van der Waals surface area (Å²) >= 11 is 0. The third kappa shape index (κ3) is 6.22. The van der Waals surface area contributed by atoms with Gasteiger partial charge in [0.15, 0.2) is 0 Å². The van der Waals surface area contributed by atoms with Gasteiger partial charge in [0.1, 0.15) is 6.04 Å². The fourth-order valence-electron chi connectivity index (χ4n) is 2.24. The molecule has 1 rings (SSSR count). The predicted octanol–water partition coefficient (Wildman–Crippen LogP) is 3.95. The van der Waals surface area contributed by atoms with Crippen LogP contribution < -0.4 is 5.32 Å². The molecule has 134 valence electrons. The van der Waals surface area contributed by atoms with E-state index in [-0.39, 0.29) is 5.56 Å². The van der Waals surface area contributed by atoms with Gasteiger partial charge in [-0.2, -0.15) is 13.2 Å². The quantitative estimate of drug-likeness (QED) is 0.573. The molecule has 1 aromatic carbocycles. The van der Waals surface area contributed by atoms with Gasteiger partial charge in [0.05, 0.1) is 12.7 Å². The van der Waals surface area contributed by atoms with Gasteiger partial charge in [-0.05, 0) is 24.6 Å². The van der Waals surface area contributed by atoms with Gasteiger partial charge in [-0.25, -0.2) is 4.79 Å². The summed E-state index contributed by atoms with van der Waals surface area (Å²) in [6.07, 6.45) is -0.482. The lowest BCUT2D eigenvalue weighted by Gasteiger charge is -2.17. The van der Waals surface area contributed by atoms with Gasteiger partial charge in [0.25, 0.3) is 5.91 Å². The number of nitrogens with one attached hydrogen (secondary N) is 1. The maximum Gasteiger partial charge on any atom is 0.416 e. The number of carbonyl (C=O) groups is 2. The van der Waals surface area contributed by atoms with Crippen molar-refractivity contribution in [2.45, 2.75) is 51.2 Å². The van der Waals surface area contributed by atoms with Crippen LogP contribution in [0.1, 0.15) is 54.9 Å². The van der Waals surface area contributed by atoms with Crippen molar-refractivity contribution in [3.63, 3.8) is 0 Å². The van der Waals surface area contributed by atoms with Crippen LogP contribution in [-0.2, 0) is 15.7 Å². The molecule has 1 aromatic rings. The average Bonchev–Trinajstić information content (AvgIpc) is 2.56. The number of methoxy groups -OCH3 is 1. The lowest BCUT2D eigenvalue weighted by Crippen LogP contribution is -2.41. The van der Waals surface area contributed by atoms with Crippen molar-refractivity contribution in [3.05, 3.63) is 35.4 Å². The van der Waals surface area contributed by atoms with Crippen LogP contribution in [0, 0.1) is 0 Å². The number of benzene rings is 1. The molecule has 0 aromatic heterocycles. The van der Waals surface area contributed by atoms with E-state index in [1.165, 1.54) is 13.2 Å². The van der Waals surface area contributed by atoms with Crippen LogP contribution in [0.2, 0.25) is 0 Å². The van der Waals surface area contributed by atoms with Gasteiger partial charge < -0.3 is 10.1 Å². The van der Waals surface area contributed by atoms with Gasteiger partial charge >= 0.3 is 12.1 Å². The van der Waals surface area contributed by atoms with Crippen molar-refractivity contribution in [3.8, 4) is 0 Å². The van der Waals surface area contributed by atoms with E-state index >= 15 is 0 Å². The highest BCUT2D eigenvalue weighted by Crippen LogP contribution is 2.29. The Morgan fingerprint density at radius 2 is 1.92 bits per heavy atom.